The van der Waals surface area contributed by atoms with Gasteiger partial charge in [0.25, 0.3) is 0 Å². The van der Waals surface area contributed by atoms with E-state index in [9.17, 15) is 18.0 Å². The highest BCUT2D eigenvalue weighted by atomic mass is 35.5. The number of amides is 1. The first kappa shape index (κ1) is 23.0. The molecule has 0 saturated heterocycles. The number of ether oxygens (including phenoxy) is 1. The normalized spacial score (nSPS) is 12.2. The summed E-state index contributed by atoms with van der Waals surface area (Å²) in [6.07, 6.45) is 1.00. The molecular formula is C19H20Cl2N2O5S. The Balaban J connectivity index is 2.41. The van der Waals surface area contributed by atoms with Crippen LogP contribution in [-0.4, -0.2) is 39.7 Å². The Kier molecular flexibility index (Phi) is 7.15. The van der Waals surface area contributed by atoms with Crippen LogP contribution in [0.5, 0.6) is 0 Å². The summed E-state index contributed by atoms with van der Waals surface area (Å²) in [5.74, 6) is -1.24. The number of aryl methyl sites for hydroxylation is 1. The predicted octanol–water partition coefficient (Wildman–Crippen LogP) is 3.88. The van der Waals surface area contributed by atoms with Crippen molar-refractivity contribution in [1.29, 1.82) is 0 Å². The van der Waals surface area contributed by atoms with Gasteiger partial charge in [0.1, 0.15) is 6.04 Å². The molecule has 0 aliphatic heterocycles. The Morgan fingerprint density at radius 3 is 2.38 bits per heavy atom. The minimum absolute atomic E-state index is 0.155. The van der Waals surface area contributed by atoms with E-state index in [0.29, 0.717) is 10.6 Å². The summed E-state index contributed by atoms with van der Waals surface area (Å²) >= 11 is 12.1. The van der Waals surface area contributed by atoms with Crippen molar-refractivity contribution in [2.45, 2.75) is 19.9 Å². The van der Waals surface area contributed by atoms with Gasteiger partial charge < -0.3 is 10.1 Å². The Labute approximate surface area is 179 Å². The van der Waals surface area contributed by atoms with Crippen LogP contribution in [0.1, 0.15) is 22.8 Å². The van der Waals surface area contributed by atoms with Crippen LogP contribution in [-0.2, 0) is 19.6 Å². The minimum atomic E-state index is -3.82. The second-order valence-corrected chi connectivity index (χ2v) is 9.04. The first-order valence-corrected chi connectivity index (χ1v) is 11.0. The highest BCUT2D eigenvalue weighted by Gasteiger charge is 2.30. The third-order valence-electron chi connectivity index (χ3n) is 4.14. The minimum Gasteiger partial charge on any atom is -0.465 e. The predicted molar refractivity (Wildman–Crippen MR) is 114 cm³/mol. The molecule has 1 N–H and O–H groups in total. The molecule has 0 bridgehead atoms. The number of rotatable bonds is 6. The van der Waals surface area contributed by atoms with E-state index >= 15 is 0 Å². The summed E-state index contributed by atoms with van der Waals surface area (Å²) < 4.78 is 30.6. The molecule has 0 aromatic heterocycles. The van der Waals surface area contributed by atoms with Crippen LogP contribution in [0.4, 0.5) is 11.4 Å². The van der Waals surface area contributed by atoms with Crippen LogP contribution in [0.3, 0.4) is 0 Å². The van der Waals surface area contributed by atoms with E-state index in [2.05, 4.69) is 10.1 Å². The molecule has 1 atom stereocenters. The lowest BCUT2D eigenvalue weighted by Gasteiger charge is -2.29. The highest BCUT2D eigenvalue weighted by Crippen LogP contribution is 2.29. The lowest BCUT2D eigenvalue weighted by molar-refractivity contribution is -0.116. The van der Waals surface area contributed by atoms with Gasteiger partial charge in [-0.15, -0.1) is 0 Å². The molecule has 0 saturated carbocycles. The quantitative estimate of drug-likeness (QED) is 0.662. The van der Waals surface area contributed by atoms with Crippen molar-refractivity contribution < 1.29 is 22.7 Å². The number of benzene rings is 2. The van der Waals surface area contributed by atoms with Gasteiger partial charge >= 0.3 is 5.97 Å². The van der Waals surface area contributed by atoms with Gasteiger partial charge in [0.15, 0.2) is 0 Å². The highest BCUT2D eigenvalue weighted by molar-refractivity contribution is 7.92. The average Bonchev–Trinajstić information content (AvgIpc) is 2.64. The maximum atomic E-state index is 12.8. The molecule has 2 aromatic rings. The summed E-state index contributed by atoms with van der Waals surface area (Å²) in [5, 5.41) is 3.09. The molecular weight excluding hydrogens is 439 g/mol. The molecule has 2 rings (SSSR count). The Bertz CT molecular complexity index is 1060. The van der Waals surface area contributed by atoms with Gasteiger partial charge in [-0.3, -0.25) is 9.10 Å². The van der Waals surface area contributed by atoms with E-state index < -0.39 is 27.9 Å². The molecule has 10 heteroatoms. The van der Waals surface area contributed by atoms with Crippen molar-refractivity contribution in [3.05, 3.63) is 57.6 Å². The fourth-order valence-corrected chi connectivity index (χ4v) is 4.26. The number of nitrogens with zero attached hydrogens (tertiary/aromatic N) is 1. The molecule has 0 aliphatic rings. The zero-order valence-electron chi connectivity index (χ0n) is 16.2. The summed E-state index contributed by atoms with van der Waals surface area (Å²) in [6, 6.07) is 7.89. The largest absolute Gasteiger partial charge is 0.465 e. The third-order valence-corrected chi connectivity index (χ3v) is 5.93. The standard InChI is InChI=1S/C19H20Cl2N2O5S/c1-11-5-7-14(20)10-17(11)23(29(4,26)27)12(2)18(24)22-16-9-13(19(25)28-3)6-8-15(16)21/h5-10,12H,1-4H3,(H,22,24)/t12-/m0/s1. The number of halogens is 2. The van der Waals surface area contributed by atoms with Crippen LogP contribution >= 0.6 is 23.2 Å². The van der Waals surface area contributed by atoms with Gasteiger partial charge in [0.2, 0.25) is 15.9 Å². The second kappa shape index (κ2) is 9.02. The molecule has 0 radical (unpaired) electrons. The SMILES string of the molecule is COC(=O)c1ccc(Cl)c(NC(=O)[C@H](C)N(c2cc(Cl)ccc2C)S(C)(=O)=O)c1. The topological polar surface area (TPSA) is 92.8 Å². The number of sulfonamides is 1. The van der Waals surface area contributed by atoms with E-state index in [1.807, 2.05) is 0 Å². The number of methoxy groups -OCH3 is 1. The maximum absolute atomic E-state index is 12.8. The van der Waals surface area contributed by atoms with Crippen LogP contribution in [0.25, 0.3) is 0 Å². The molecule has 0 unspecified atom stereocenters. The van der Waals surface area contributed by atoms with Crippen molar-refractivity contribution in [3.8, 4) is 0 Å². The average molecular weight is 459 g/mol. The fraction of sp³-hybridized carbons (Fsp3) is 0.263. The Morgan fingerprint density at radius 1 is 1.14 bits per heavy atom. The zero-order valence-corrected chi connectivity index (χ0v) is 18.5. The van der Waals surface area contributed by atoms with Crippen molar-refractivity contribution in [3.63, 3.8) is 0 Å². The molecule has 7 nitrogen and oxygen atoms in total. The summed E-state index contributed by atoms with van der Waals surface area (Å²) in [7, 11) is -2.59. The molecule has 0 heterocycles. The van der Waals surface area contributed by atoms with Crippen LogP contribution in [0.2, 0.25) is 10.0 Å². The Morgan fingerprint density at radius 2 is 1.79 bits per heavy atom. The van der Waals surface area contributed by atoms with E-state index in [1.165, 1.54) is 38.3 Å². The fourth-order valence-electron chi connectivity index (χ4n) is 2.70. The third kappa shape index (κ3) is 5.41. The number of esters is 1. The molecule has 0 fully saturated rings. The summed E-state index contributed by atoms with van der Waals surface area (Å²) in [6.45, 7) is 3.15. The number of anilines is 2. The lowest BCUT2D eigenvalue weighted by Crippen LogP contribution is -2.45. The first-order chi connectivity index (χ1) is 13.5. The second-order valence-electron chi connectivity index (χ2n) is 6.34. The number of carbonyl (C=O) groups is 2. The van der Waals surface area contributed by atoms with Crippen molar-refractivity contribution >= 4 is 56.5 Å². The van der Waals surface area contributed by atoms with E-state index in [1.54, 1.807) is 19.1 Å². The van der Waals surface area contributed by atoms with Gasteiger partial charge in [-0.25, -0.2) is 13.2 Å². The van der Waals surface area contributed by atoms with Gasteiger partial charge in [-0.1, -0.05) is 29.3 Å². The molecule has 0 spiro atoms. The van der Waals surface area contributed by atoms with E-state index in [0.717, 1.165) is 10.6 Å². The number of nitrogens with one attached hydrogen (secondary N) is 1. The van der Waals surface area contributed by atoms with Gasteiger partial charge in [-0.2, -0.15) is 0 Å². The van der Waals surface area contributed by atoms with Crippen molar-refractivity contribution in [2.75, 3.05) is 23.0 Å². The molecule has 1 amide bonds. The number of hydrogen-bond donors (Lipinski definition) is 1. The smallest absolute Gasteiger partial charge is 0.337 e. The van der Waals surface area contributed by atoms with Crippen LogP contribution in [0, 0.1) is 6.92 Å². The van der Waals surface area contributed by atoms with E-state index in [4.69, 9.17) is 23.2 Å². The number of carbonyl (C=O) groups excluding carboxylic acids is 2. The summed E-state index contributed by atoms with van der Waals surface area (Å²) in [5.41, 5.74) is 1.26. The van der Waals surface area contributed by atoms with Crippen LogP contribution in [0.15, 0.2) is 36.4 Å². The lowest BCUT2D eigenvalue weighted by atomic mass is 10.1. The van der Waals surface area contributed by atoms with Crippen molar-refractivity contribution in [1.82, 2.24) is 0 Å². The monoisotopic (exact) mass is 458 g/mol. The summed E-state index contributed by atoms with van der Waals surface area (Å²) in [4.78, 5) is 24.6. The van der Waals surface area contributed by atoms with Gasteiger partial charge in [-0.05, 0) is 49.7 Å². The van der Waals surface area contributed by atoms with Gasteiger partial charge in [0.05, 0.1) is 35.3 Å². The molecule has 2 aromatic carbocycles. The first-order valence-electron chi connectivity index (χ1n) is 8.40. The zero-order chi connectivity index (χ0) is 21.9. The maximum Gasteiger partial charge on any atom is 0.337 e. The van der Waals surface area contributed by atoms with Crippen molar-refractivity contribution in [2.24, 2.45) is 0 Å². The van der Waals surface area contributed by atoms with Crippen LogP contribution < -0.4 is 9.62 Å². The number of hydrogen-bond acceptors (Lipinski definition) is 5. The van der Waals surface area contributed by atoms with Gasteiger partial charge in [0, 0.05) is 5.02 Å². The molecule has 29 heavy (non-hydrogen) atoms. The van der Waals surface area contributed by atoms with E-state index in [-0.39, 0.29) is 22.0 Å². The Hall–Kier alpha value is -2.29. The molecule has 0 aliphatic carbocycles. The molecule has 156 valence electrons.